The van der Waals surface area contributed by atoms with Crippen molar-refractivity contribution in [3.63, 3.8) is 0 Å². The van der Waals surface area contributed by atoms with Crippen LogP contribution in [-0.4, -0.2) is 29.5 Å². The molecule has 1 aromatic heterocycles. The van der Waals surface area contributed by atoms with Crippen LogP contribution >= 0.6 is 0 Å². The van der Waals surface area contributed by atoms with Crippen molar-refractivity contribution in [2.75, 3.05) is 13.6 Å². The molecule has 1 aromatic rings. The van der Waals surface area contributed by atoms with Crippen molar-refractivity contribution in [1.82, 2.24) is 15.2 Å². The third-order valence-electron chi connectivity index (χ3n) is 4.10. The topological polar surface area (TPSA) is 28.2 Å². The van der Waals surface area contributed by atoms with E-state index in [2.05, 4.69) is 34.3 Å². The summed E-state index contributed by atoms with van der Waals surface area (Å²) in [5.74, 6) is 0. The zero-order valence-corrected chi connectivity index (χ0v) is 12.4. The van der Waals surface area contributed by atoms with Gasteiger partial charge in [0.1, 0.15) is 0 Å². The summed E-state index contributed by atoms with van der Waals surface area (Å²) in [6.45, 7) is 5.46. The van der Waals surface area contributed by atoms with Crippen LogP contribution in [0.25, 0.3) is 0 Å². The standard InChI is InChI=1S/C16H27N3/c1-3-16-7-5-4-6-10-19(16)13-15-9-8-14(11-17-2)12-18-15/h8-9,12,16-17H,3-7,10-11,13H2,1-2H3. The molecule has 1 aliphatic heterocycles. The predicted molar refractivity (Wildman–Crippen MR) is 80.0 cm³/mol. The van der Waals surface area contributed by atoms with Gasteiger partial charge in [-0.2, -0.15) is 0 Å². The van der Waals surface area contributed by atoms with E-state index >= 15 is 0 Å². The minimum Gasteiger partial charge on any atom is -0.316 e. The van der Waals surface area contributed by atoms with E-state index in [9.17, 15) is 0 Å². The van der Waals surface area contributed by atoms with Crippen LogP contribution < -0.4 is 5.32 Å². The van der Waals surface area contributed by atoms with E-state index in [1.807, 2.05) is 13.2 Å². The fraction of sp³-hybridized carbons (Fsp3) is 0.688. The minimum atomic E-state index is 0.751. The average Bonchev–Trinajstić information content (AvgIpc) is 2.66. The molecule has 0 aliphatic carbocycles. The van der Waals surface area contributed by atoms with Crippen LogP contribution in [0.3, 0.4) is 0 Å². The Morgan fingerprint density at radius 2 is 2.21 bits per heavy atom. The first-order valence-electron chi connectivity index (χ1n) is 7.66. The monoisotopic (exact) mass is 261 g/mol. The Morgan fingerprint density at radius 3 is 2.89 bits per heavy atom. The molecule has 1 saturated heterocycles. The molecule has 106 valence electrons. The summed E-state index contributed by atoms with van der Waals surface area (Å²) in [5.41, 5.74) is 2.47. The van der Waals surface area contributed by atoms with Crippen LogP contribution in [-0.2, 0) is 13.1 Å². The van der Waals surface area contributed by atoms with E-state index in [-0.39, 0.29) is 0 Å². The van der Waals surface area contributed by atoms with Crippen molar-refractivity contribution in [1.29, 1.82) is 0 Å². The molecule has 3 heteroatoms. The van der Waals surface area contributed by atoms with Crippen molar-refractivity contribution >= 4 is 0 Å². The van der Waals surface area contributed by atoms with Gasteiger partial charge in [0, 0.05) is 25.3 Å². The first kappa shape index (κ1) is 14.5. The highest BCUT2D eigenvalue weighted by Gasteiger charge is 2.19. The smallest absolute Gasteiger partial charge is 0.0544 e. The van der Waals surface area contributed by atoms with E-state index in [0.29, 0.717) is 0 Å². The van der Waals surface area contributed by atoms with Gasteiger partial charge in [0.2, 0.25) is 0 Å². The Hall–Kier alpha value is -0.930. The average molecular weight is 261 g/mol. The third kappa shape index (κ3) is 4.29. The molecule has 2 rings (SSSR count). The number of nitrogens with zero attached hydrogens (tertiary/aromatic N) is 2. The summed E-state index contributed by atoms with van der Waals surface area (Å²) in [6.07, 6.45) is 8.75. The van der Waals surface area contributed by atoms with Gasteiger partial charge in [-0.25, -0.2) is 0 Å². The van der Waals surface area contributed by atoms with Gasteiger partial charge in [-0.05, 0) is 44.5 Å². The third-order valence-corrected chi connectivity index (χ3v) is 4.10. The molecule has 1 N–H and O–H groups in total. The van der Waals surface area contributed by atoms with Crippen molar-refractivity contribution < 1.29 is 0 Å². The van der Waals surface area contributed by atoms with Gasteiger partial charge in [0.15, 0.2) is 0 Å². The van der Waals surface area contributed by atoms with Crippen LogP contribution in [0, 0.1) is 0 Å². The summed E-state index contributed by atoms with van der Waals surface area (Å²) in [5, 5.41) is 3.16. The molecular formula is C16H27N3. The van der Waals surface area contributed by atoms with Gasteiger partial charge in [0.25, 0.3) is 0 Å². The maximum Gasteiger partial charge on any atom is 0.0544 e. The minimum absolute atomic E-state index is 0.751. The largest absolute Gasteiger partial charge is 0.316 e. The van der Waals surface area contributed by atoms with Crippen LogP contribution in [0.1, 0.15) is 50.3 Å². The lowest BCUT2D eigenvalue weighted by atomic mass is 10.1. The highest BCUT2D eigenvalue weighted by atomic mass is 15.2. The highest BCUT2D eigenvalue weighted by Crippen LogP contribution is 2.20. The lowest BCUT2D eigenvalue weighted by molar-refractivity contribution is 0.184. The summed E-state index contributed by atoms with van der Waals surface area (Å²) in [7, 11) is 1.97. The fourth-order valence-electron chi connectivity index (χ4n) is 2.97. The van der Waals surface area contributed by atoms with Crippen molar-refractivity contribution in [3.05, 3.63) is 29.6 Å². The van der Waals surface area contributed by atoms with Gasteiger partial charge in [-0.15, -0.1) is 0 Å². The maximum atomic E-state index is 4.61. The SMILES string of the molecule is CCC1CCCCCN1Cc1ccc(CNC)cn1. The Bertz CT molecular complexity index is 361. The molecule has 1 unspecified atom stereocenters. The first-order valence-corrected chi connectivity index (χ1v) is 7.66. The normalized spacial score (nSPS) is 21.3. The number of hydrogen-bond donors (Lipinski definition) is 1. The van der Waals surface area contributed by atoms with Crippen molar-refractivity contribution in [2.24, 2.45) is 0 Å². The second kappa shape index (κ2) is 7.61. The number of likely N-dealkylation sites (tertiary alicyclic amines) is 1. The Balaban J connectivity index is 1.97. The van der Waals surface area contributed by atoms with E-state index in [0.717, 1.165) is 19.1 Å². The van der Waals surface area contributed by atoms with Gasteiger partial charge < -0.3 is 5.32 Å². The number of hydrogen-bond acceptors (Lipinski definition) is 3. The molecule has 1 fully saturated rings. The first-order chi connectivity index (χ1) is 9.33. The van der Waals surface area contributed by atoms with Crippen LogP contribution in [0.2, 0.25) is 0 Å². The molecule has 0 amide bonds. The van der Waals surface area contributed by atoms with E-state index < -0.39 is 0 Å². The van der Waals surface area contributed by atoms with E-state index in [1.54, 1.807) is 0 Å². The lowest BCUT2D eigenvalue weighted by Gasteiger charge is -2.28. The fourth-order valence-corrected chi connectivity index (χ4v) is 2.97. The molecule has 0 saturated carbocycles. The van der Waals surface area contributed by atoms with Crippen LogP contribution in [0.15, 0.2) is 18.3 Å². The van der Waals surface area contributed by atoms with Crippen molar-refractivity contribution in [2.45, 2.75) is 58.2 Å². The second-order valence-corrected chi connectivity index (χ2v) is 5.57. The van der Waals surface area contributed by atoms with Crippen molar-refractivity contribution in [3.8, 4) is 0 Å². The Morgan fingerprint density at radius 1 is 1.32 bits per heavy atom. The zero-order valence-electron chi connectivity index (χ0n) is 12.4. The van der Waals surface area contributed by atoms with Gasteiger partial charge in [-0.1, -0.05) is 25.8 Å². The molecule has 0 bridgehead atoms. The summed E-state index contributed by atoms with van der Waals surface area (Å²) >= 11 is 0. The van der Waals surface area contributed by atoms with Gasteiger partial charge in [-0.3, -0.25) is 9.88 Å². The number of aromatic nitrogens is 1. The van der Waals surface area contributed by atoms with Gasteiger partial charge in [0.05, 0.1) is 5.69 Å². The highest BCUT2D eigenvalue weighted by molar-refractivity contribution is 5.14. The Labute approximate surface area is 117 Å². The summed E-state index contributed by atoms with van der Waals surface area (Å²) in [6, 6.07) is 5.13. The number of nitrogens with one attached hydrogen (secondary N) is 1. The number of rotatable bonds is 5. The summed E-state index contributed by atoms with van der Waals surface area (Å²) < 4.78 is 0. The van der Waals surface area contributed by atoms with Crippen LogP contribution in [0.5, 0.6) is 0 Å². The second-order valence-electron chi connectivity index (χ2n) is 5.57. The molecular weight excluding hydrogens is 234 g/mol. The molecule has 1 aliphatic rings. The molecule has 3 nitrogen and oxygen atoms in total. The van der Waals surface area contributed by atoms with E-state index in [1.165, 1.54) is 49.9 Å². The predicted octanol–water partition coefficient (Wildman–Crippen LogP) is 2.96. The molecule has 19 heavy (non-hydrogen) atoms. The maximum absolute atomic E-state index is 4.61. The molecule has 0 aromatic carbocycles. The lowest BCUT2D eigenvalue weighted by Crippen LogP contribution is -2.34. The molecule has 0 spiro atoms. The Kier molecular flexibility index (Phi) is 5.80. The molecule has 1 atom stereocenters. The molecule has 2 heterocycles. The van der Waals surface area contributed by atoms with Crippen LogP contribution in [0.4, 0.5) is 0 Å². The van der Waals surface area contributed by atoms with E-state index in [4.69, 9.17) is 0 Å². The zero-order chi connectivity index (χ0) is 13.5. The molecule has 0 radical (unpaired) electrons. The van der Waals surface area contributed by atoms with Gasteiger partial charge >= 0.3 is 0 Å². The summed E-state index contributed by atoms with van der Waals surface area (Å²) in [4.78, 5) is 7.24. The number of pyridine rings is 1. The quantitative estimate of drug-likeness (QED) is 0.883.